The van der Waals surface area contributed by atoms with E-state index in [1.807, 2.05) is 13.0 Å². The van der Waals surface area contributed by atoms with Gasteiger partial charge in [0.2, 0.25) is 0 Å². The summed E-state index contributed by atoms with van der Waals surface area (Å²) in [5, 5.41) is 6.53. The van der Waals surface area contributed by atoms with Crippen molar-refractivity contribution >= 4 is 11.5 Å². The maximum atomic E-state index is 11.6. The van der Waals surface area contributed by atoms with Crippen molar-refractivity contribution in [2.75, 3.05) is 4.90 Å². The van der Waals surface area contributed by atoms with Gasteiger partial charge in [0.05, 0.1) is 0 Å². The Hall–Kier alpha value is -1.89. The topological polar surface area (TPSA) is 92.3 Å². The van der Waals surface area contributed by atoms with E-state index in [2.05, 4.69) is 20.1 Å². The maximum Gasteiger partial charge on any atom is 0.349 e. The first kappa shape index (κ1) is 11.9. The molecule has 0 spiro atoms. The highest BCUT2D eigenvalue weighted by Gasteiger charge is 2.40. The molecule has 2 aliphatic rings. The Bertz CT molecular complexity index is 705. The monoisotopic (exact) mass is 274 g/mol. The molecule has 0 aliphatic carbocycles. The zero-order valence-electron chi connectivity index (χ0n) is 11.4. The van der Waals surface area contributed by atoms with E-state index >= 15 is 0 Å². The van der Waals surface area contributed by atoms with Crippen LogP contribution in [0, 0.1) is 6.92 Å². The van der Waals surface area contributed by atoms with Crippen LogP contribution in [0.3, 0.4) is 0 Å². The van der Waals surface area contributed by atoms with Gasteiger partial charge in [0.1, 0.15) is 11.6 Å². The summed E-state index contributed by atoms with van der Waals surface area (Å²) in [5.41, 5.74) is 6.51. The largest absolute Gasteiger partial charge is 0.350 e. The third-order valence-corrected chi connectivity index (χ3v) is 4.59. The van der Waals surface area contributed by atoms with Gasteiger partial charge in [-0.25, -0.2) is 19.3 Å². The number of anilines is 1. The molecule has 2 unspecified atom stereocenters. The van der Waals surface area contributed by atoms with E-state index in [9.17, 15) is 4.79 Å². The maximum absolute atomic E-state index is 11.6. The van der Waals surface area contributed by atoms with E-state index in [0.717, 1.165) is 18.7 Å². The van der Waals surface area contributed by atoms with Gasteiger partial charge in [-0.05, 0) is 32.6 Å². The fraction of sp³-hybridized carbons (Fsp3) is 0.615. The van der Waals surface area contributed by atoms with Gasteiger partial charge in [0, 0.05) is 24.2 Å². The molecular weight excluding hydrogens is 256 g/mol. The Kier molecular flexibility index (Phi) is 2.41. The Balaban J connectivity index is 1.81. The lowest BCUT2D eigenvalue weighted by Crippen LogP contribution is -2.48. The second kappa shape index (κ2) is 4.05. The molecule has 4 heterocycles. The number of nitrogens with zero attached hydrogens (tertiary/aromatic N) is 4. The van der Waals surface area contributed by atoms with Crippen LogP contribution in [0.2, 0.25) is 0 Å². The number of hydrogen-bond donors (Lipinski definition) is 2. The molecule has 3 N–H and O–H groups in total. The predicted octanol–water partition coefficient (Wildman–Crippen LogP) is 0.185. The van der Waals surface area contributed by atoms with Gasteiger partial charge in [0.25, 0.3) is 0 Å². The number of aromatic nitrogens is 4. The van der Waals surface area contributed by atoms with Gasteiger partial charge in [-0.3, -0.25) is 0 Å². The van der Waals surface area contributed by atoms with E-state index < -0.39 is 0 Å². The van der Waals surface area contributed by atoms with Crippen LogP contribution >= 0.6 is 0 Å². The van der Waals surface area contributed by atoms with Crippen LogP contribution < -0.4 is 16.3 Å². The zero-order chi connectivity index (χ0) is 13.9. The summed E-state index contributed by atoms with van der Waals surface area (Å²) in [6.07, 6.45) is 4.40. The van der Waals surface area contributed by atoms with Crippen LogP contribution in [-0.4, -0.2) is 37.7 Å². The van der Waals surface area contributed by atoms with Crippen LogP contribution in [-0.2, 0) is 0 Å². The lowest BCUT2D eigenvalue weighted by molar-refractivity contribution is 0.412. The minimum atomic E-state index is -0.236. The smallest absolute Gasteiger partial charge is 0.349 e. The molecule has 2 atom stereocenters. The lowest BCUT2D eigenvalue weighted by Gasteiger charge is -2.38. The van der Waals surface area contributed by atoms with Gasteiger partial charge in [0.15, 0.2) is 5.65 Å². The number of rotatable bonds is 1. The highest BCUT2D eigenvalue weighted by molar-refractivity contribution is 5.54. The van der Waals surface area contributed by atoms with Crippen LogP contribution in [0.25, 0.3) is 5.65 Å². The third kappa shape index (κ3) is 1.59. The third-order valence-electron chi connectivity index (χ3n) is 4.59. The van der Waals surface area contributed by atoms with Crippen molar-refractivity contribution in [2.45, 2.75) is 50.7 Å². The summed E-state index contributed by atoms with van der Waals surface area (Å²) in [6.45, 7) is 1.84. The Morgan fingerprint density at radius 1 is 1.35 bits per heavy atom. The van der Waals surface area contributed by atoms with Crippen molar-refractivity contribution in [3.63, 3.8) is 0 Å². The van der Waals surface area contributed by atoms with Gasteiger partial charge in [-0.15, -0.1) is 0 Å². The van der Waals surface area contributed by atoms with Gasteiger partial charge < -0.3 is 10.6 Å². The first-order chi connectivity index (χ1) is 9.63. The summed E-state index contributed by atoms with van der Waals surface area (Å²) >= 11 is 0. The first-order valence-electron chi connectivity index (χ1n) is 7.12. The number of aryl methyl sites for hydroxylation is 1. The molecule has 0 radical (unpaired) electrons. The number of H-pyrrole nitrogens is 1. The fourth-order valence-electron chi connectivity index (χ4n) is 3.81. The number of hydrogen-bond acceptors (Lipinski definition) is 5. The predicted molar refractivity (Wildman–Crippen MR) is 74.8 cm³/mol. The van der Waals surface area contributed by atoms with E-state index in [1.165, 1.54) is 17.2 Å². The molecule has 7 nitrogen and oxygen atoms in total. The van der Waals surface area contributed by atoms with Crippen molar-refractivity contribution < 1.29 is 0 Å². The Labute approximate surface area is 115 Å². The van der Waals surface area contributed by atoms with Crippen molar-refractivity contribution in [3.8, 4) is 0 Å². The van der Waals surface area contributed by atoms with Crippen molar-refractivity contribution in [1.82, 2.24) is 19.6 Å². The fourth-order valence-corrected chi connectivity index (χ4v) is 3.81. The highest BCUT2D eigenvalue weighted by Crippen LogP contribution is 2.38. The van der Waals surface area contributed by atoms with Crippen LogP contribution in [0.4, 0.5) is 5.82 Å². The molecule has 2 bridgehead atoms. The summed E-state index contributed by atoms with van der Waals surface area (Å²) in [7, 11) is 0. The molecule has 106 valence electrons. The lowest BCUT2D eigenvalue weighted by atomic mass is 9.98. The average Bonchev–Trinajstić information content (AvgIpc) is 2.89. The first-order valence-corrected chi connectivity index (χ1v) is 7.12. The number of piperidine rings is 1. The molecular formula is C13H18N6O. The molecule has 4 rings (SSSR count). The molecule has 0 saturated carbocycles. The minimum absolute atomic E-state index is 0.236. The summed E-state index contributed by atoms with van der Waals surface area (Å²) in [5.74, 6) is 1.60. The van der Waals surface area contributed by atoms with Gasteiger partial charge in [-0.2, -0.15) is 5.10 Å². The van der Waals surface area contributed by atoms with Gasteiger partial charge >= 0.3 is 5.69 Å². The number of fused-ring (bicyclic) bond motifs is 3. The summed E-state index contributed by atoms with van der Waals surface area (Å²) in [4.78, 5) is 18.6. The van der Waals surface area contributed by atoms with E-state index in [0.29, 0.717) is 29.6 Å². The van der Waals surface area contributed by atoms with E-state index in [-0.39, 0.29) is 5.69 Å². The van der Waals surface area contributed by atoms with Crippen molar-refractivity contribution in [2.24, 2.45) is 5.73 Å². The van der Waals surface area contributed by atoms with Crippen molar-refractivity contribution in [1.29, 1.82) is 0 Å². The standard InChI is InChI=1S/C13H18N6O/c1-7-15-11(6-12-16-17-13(20)18(7)12)19-9-2-3-10(19)5-8(14)4-9/h6,8-10H,2-5,14H2,1H3,(H,17,20). The van der Waals surface area contributed by atoms with Crippen LogP contribution in [0.15, 0.2) is 10.9 Å². The summed E-state index contributed by atoms with van der Waals surface area (Å²) in [6, 6.07) is 3.15. The number of nitrogens with two attached hydrogens (primary N) is 1. The molecule has 2 fully saturated rings. The molecule has 0 amide bonds. The molecule has 7 heteroatoms. The van der Waals surface area contributed by atoms with E-state index in [1.54, 1.807) is 0 Å². The summed E-state index contributed by atoms with van der Waals surface area (Å²) < 4.78 is 1.50. The van der Waals surface area contributed by atoms with Gasteiger partial charge in [-0.1, -0.05) is 0 Å². The number of nitrogens with one attached hydrogen (secondary N) is 1. The second-order valence-electron chi connectivity index (χ2n) is 5.91. The second-order valence-corrected chi connectivity index (χ2v) is 5.91. The molecule has 0 aromatic carbocycles. The minimum Gasteiger partial charge on any atom is -0.350 e. The zero-order valence-corrected chi connectivity index (χ0v) is 11.4. The Morgan fingerprint density at radius 3 is 2.75 bits per heavy atom. The normalized spacial score (nSPS) is 29.3. The average molecular weight is 274 g/mol. The van der Waals surface area contributed by atoms with Crippen LogP contribution in [0.5, 0.6) is 0 Å². The Morgan fingerprint density at radius 2 is 2.05 bits per heavy atom. The molecule has 2 aromatic rings. The SMILES string of the molecule is Cc1nc(N2C3CCC2CC(N)C3)cc2n[nH]c(=O)n12. The molecule has 20 heavy (non-hydrogen) atoms. The molecule has 2 saturated heterocycles. The van der Waals surface area contributed by atoms with Crippen molar-refractivity contribution in [3.05, 3.63) is 22.4 Å². The highest BCUT2D eigenvalue weighted by atomic mass is 16.1. The number of aromatic amines is 1. The molecule has 2 aliphatic heterocycles. The van der Waals surface area contributed by atoms with Crippen LogP contribution in [0.1, 0.15) is 31.5 Å². The van der Waals surface area contributed by atoms with E-state index in [4.69, 9.17) is 5.73 Å². The quantitative estimate of drug-likeness (QED) is 0.774. The molecule has 2 aromatic heterocycles.